The van der Waals surface area contributed by atoms with Crippen LogP contribution in [0.15, 0.2) is 0 Å². The van der Waals surface area contributed by atoms with E-state index < -0.39 is 12.0 Å². The summed E-state index contributed by atoms with van der Waals surface area (Å²) in [5.74, 6) is -1.46. The number of carboxylic acid groups (broad SMARTS) is 1. The van der Waals surface area contributed by atoms with Crippen LogP contribution in [-0.4, -0.2) is 29.1 Å². The number of carboxylic acids is 1. The fourth-order valence-electron chi connectivity index (χ4n) is 1.84. The van der Waals surface area contributed by atoms with Crippen molar-refractivity contribution in [1.82, 2.24) is 5.32 Å². The summed E-state index contributed by atoms with van der Waals surface area (Å²) in [7, 11) is 0. The molecule has 106 valence electrons. The zero-order valence-electron chi connectivity index (χ0n) is 12.0. The lowest BCUT2D eigenvalue weighted by molar-refractivity contribution is -0.143. The minimum absolute atomic E-state index is 0.0595. The van der Waals surface area contributed by atoms with E-state index in [-0.39, 0.29) is 29.7 Å². The summed E-state index contributed by atoms with van der Waals surface area (Å²) in [6.45, 7) is 9.68. The highest BCUT2D eigenvalue weighted by Crippen LogP contribution is 2.21. The Bertz CT molecular complexity index is 295. The molecule has 0 spiro atoms. The Morgan fingerprint density at radius 1 is 1.28 bits per heavy atom. The van der Waals surface area contributed by atoms with Crippen LogP contribution in [-0.2, 0) is 9.59 Å². The van der Waals surface area contributed by atoms with Crippen LogP contribution in [0.25, 0.3) is 0 Å². The van der Waals surface area contributed by atoms with E-state index >= 15 is 0 Å². The van der Waals surface area contributed by atoms with Crippen molar-refractivity contribution >= 4 is 11.9 Å². The number of nitrogens with two attached hydrogens (primary N) is 1. The van der Waals surface area contributed by atoms with Gasteiger partial charge in [-0.25, -0.2) is 4.79 Å². The molecule has 5 heteroatoms. The van der Waals surface area contributed by atoms with Crippen molar-refractivity contribution in [2.24, 2.45) is 17.1 Å². The van der Waals surface area contributed by atoms with Crippen LogP contribution in [0, 0.1) is 11.3 Å². The third kappa shape index (κ3) is 7.27. The maximum absolute atomic E-state index is 11.7. The standard InChI is InChI=1S/C13H26N2O3/c1-8(2)11(12(17)18)15-10(16)6-9(14)7-13(3,4)5/h8-9,11H,6-7,14H2,1-5H3,(H,15,16)(H,17,18). The monoisotopic (exact) mass is 258 g/mol. The van der Waals surface area contributed by atoms with Gasteiger partial charge in [-0.15, -0.1) is 0 Å². The molecule has 0 aromatic carbocycles. The number of aliphatic carboxylic acids is 1. The van der Waals surface area contributed by atoms with Gasteiger partial charge in [0.25, 0.3) is 0 Å². The van der Waals surface area contributed by atoms with Gasteiger partial charge in [-0.3, -0.25) is 4.79 Å². The van der Waals surface area contributed by atoms with Gasteiger partial charge in [0, 0.05) is 12.5 Å². The van der Waals surface area contributed by atoms with Gasteiger partial charge < -0.3 is 16.2 Å². The second-order valence-corrected chi connectivity index (χ2v) is 6.36. The van der Waals surface area contributed by atoms with E-state index in [0.29, 0.717) is 0 Å². The van der Waals surface area contributed by atoms with Crippen LogP contribution in [0.5, 0.6) is 0 Å². The lowest BCUT2D eigenvalue weighted by Crippen LogP contribution is -2.46. The van der Waals surface area contributed by atoms with E-state index in [4.69, 9.17) is 10.8 Å². The normalized spacial score (nSPS) is 15.3. The summed E-state index contributed by atoms with van der Waals surface area (Å²) in [5, 5.41) is 11.5. The lowest BCUT2D eigenvalue weighted by atomic mass is 9.87. The highest BCUT2D eigenvalue weighted by atomic mass is 16.4. The van der Waals surface area contributed by atoms with Gasteiger partial charge >= 0.3 is 5.97 Å². The maximum Gasteiger partial charge on any atom is 0.326 e. The van der Waals surface area contributed by atoms with Gasteiger partial charge in [0.1, 0.15) is 6.04 Å². The molecular formula is C13H26N2O3. The van der Waals surface area contributed by atoms with Gasteiger partial charge in [-0.1, -0.05) is 34.6 Å². The lowest BCUT2D eigenvalue weighted by Gasteiger charge is -2.24. The minimum atomic E-state index is -1.01. The van der Waals surface area contributed by atoms with E-state index in [9.17, 15) is 9.59 Å². The third-order valence-electron chi connectivity index (χ3n) is 2.57. The Hall–Kier alpha value is -1.10. The number of hydrogen-bond acceptors (Lipinski definition) is 3. The largest absolute Gasteiger partial charge is 0.480 e. The predicted molar refractivity (Wildman–Crippen MR) is 71.1 cm³/mol. The highest BCUT2D eigenvalue weighted by Gasteiger charge is 2.25. The molecule has 0 fully saturated rings. The SMILES string of the molecule is CC(C)C(NC(=O)CC(N)CC(C)(C)C)C(=O)O. The molecule has 0 aliphatic heterocycles. The average molecular weight is 258 g/mol. The Balaban J connectivity index is 4.29. The Kier molecular flexibility index (Phi) is 6.32. The minimum Gasteiger partial charge on any atom is -0.480 e. The second-order valence-electron chi connectivity index (χ2n) is 6.36. The summed E-state index contributed by atoms with van der Waals surface area (Å²) in [6, 6.07) is -1.09. The van der Waals surface area contributed by atoms with Crippen molar-refractivity contribution in [3.63, 3.8) is 0 Å². The molecule has 0 aromatic heterocycles. The second kappa shape index (κ2) is 6.73. The van der Waals surface area contributed by atoms with E-state index in [1.165, 1.54) is 0 Å². The van der Waals surface area contributed by atoms with Crippen LogP contribution in [0.1, 0.15) is 47.5 Å². The Labute approximate surface area is 109 Å². The van der Waals surface area contributed by atoms with Gasteiger partial charge in [-0.2, -0.15) is 0 Å². The summed E-state index contributed by atoms with van der Waals surface area (Å²) in [6.07, 6.45) is 0.883. The fraction of sp³-hybridized carbons (Fsp3) is 0.846. The van der Waals surface area contributed by atoms with Crippen LogP contribution in [0.4, 0.5) is 0 Å². The molecule has 0 rings (SSSR count). The first-order valence-corrected chi connectivity index (χ1v) is 6.30. The number of carbonyl (C=O) groups excluding carboxylic acids is 1. The molecule has 0 saturated heterocycles. The number of carbonyl (C=O) groups is 2. The fourth-order valence-corrected chi connectivity index (χ4v) is 1.84. The molecule has 5 nitrogen and oxygen atoms in total. The summed E-state index contributed by atoms with van der Waals surface area (Å²) >= 11 is 0. The first-order chi connectivity index (χ1) is 8.03. The van der Waals surface area contributed by atoms with Crippen LogP contribution in [0.3, 0.4) is 0 Å². The van der Waals surface area contributed by atoms with Crippen molar-refractivity contribution in [1.29, 1.82) is 0 Å². The van der Waals surface area contributed by atoms with Crippen LogP contribution in [0.2, 0.25) is 0 Å². The molecule has 2 atom stereocenters. The molecule has 0 aliphatic rings. The first-order valence-electron chi connectivity index (χ1n) is 6.30. The zero-order valence-corrected chi connectivity index (χ0v) is 12.0. The molecule has 2 unspecified atom stereocenters. The van der Waals surface area contributed by atoms with Gasteiger partial charge in [0.15, 0.2) is 0 Å². The van der Waals surface area contributed by atoms with E-state index in [1.807, 2.05) is 0 Å². The molecule has 0 saturated carbocycles. The zero-order chi connectivity index (χ0) is 14.5. The molecule has 0 bridgehead atoms. The van der Waals surface area contributed by atoms with Crippen molar-refractivity contribution in [3.8, 4) is 0 Å². The predicted octanol–water partition coefficient (Wildman–Crippen LogP) is 1.37. The molecule has 0 aromatic rings. The smallest absolute Gasteiger partial charge is 0.326 e. The number of amides is 1. The van der Waals surface area contributed by atoms with Crippen LogP contribution >= 0.6 is 0 Å². The van der Waals surface area contributed by atoms with E-state index in [0.717, 1.165) is 6.42 Å². The Morgan fingerprint density at radius 2 is 1.78 bits per heavy atom. The first kappa shape index (κ1) is 16.9. The molecule has 0 aliphatic carbocycles. The van der Waals surface area contributed by atoms with Gasteiger partial charge in [-0.05, 0) is 17.8 Å². The highest BCUT2D eigenvalue weighted by molar-refractivity contribution is 5.83. The van der Waals surface area contributed by atoms with Crippen molar-refractivity contribution in [2.45, 2.75) is 59.5 Å². The van der Waals surface area contributed by atoms with Gasteiger partial charge in [0.05, 0.1) is 0 Å². The number of rotatable bonds is 6. The summed E-state index contributed by atoms with van der Waals surface area (Å²) < 4.78 is 0. The van der Waals surface area contributed by atoms with Crippen molar-refractivity contribution in [2.75, 3.05) is 0 Å². The molecule has 18 heavy (non-hydrogen) atoms. The molecule has 0 radical (unpaired) electrons. The third-order valence-corrected chi connectivity index (χ3v) is 2.57. The average Bonchev–Trinajstić information content (AvgIpc) is 2.09. The molecule has 0 heterocycles. The topological polar surface area (TPSA) is 92.4 Å². The summed E-state index contributed by atoms with van der Waals surface area (Å²) in [4.78, 5) is 22.6. The maximum atomic E-state index is 11.7. The van der Waals surface area contributed by atoms with E-state index in [2.05, 4.69) is 26.1 Å². The van der Waals surface area contributed by atoms with Crippen molar-refractivity contribution in [3.05, 3.63) is 0 Å². The molecule has 1 amide bonds. The molecule has 4 N–H and O–H groups in total. The molecular weight excluding hydrogens is 232 g/mol. The number of nitrogens with one attached hydrogen (secondary N) is 1. The Morgan fingerprint density at radius 3 is 2.11 bits per heavy atom. The quantitative estimate of drug-likeness (QED) is 0.671. The summed E-state index contributed by atoms with van der Waals surface area (Å²) in [5.41, 5.74) is 5.94. The van der Waals surface area contributed by atoms with Gasteiger partial charge in [0.2, 0.25) is 5.91 Å². The van der Waals surface area contributed by atoms with E-state index in [1.54, 1.807) is 13.8 Å². The van der Waals surface area contributed by atoms with Crippen LogP contribution < -0.4 is 11.1 Å². The van der Waals surface area contributed by atoms with Crippen molar-refractivity contribution < 1.29 is 14.7 Å². The number of hydrogen-bond donors (Lipinski definition) is 3.